The maximum absolute atomic E-state index is 4.75. The molecule has 0 aliphatic carbocycles. The summed E-state index contributed by atoms with van der Waals surface area (Å²) in [5, 5.41) is 5.98. The number of benzene rings is 2. The fourth-order valence-electron chi connectivity index (χ4n) is 1.81. The smallest absolute Gasteiger partial charge is 0.0658 e. The number of hydrogen-bond acceptors (Lipinski definition) is 2. The molecule has 0 fully saturated rings. The highest BCUT2D eigenvalue weighted by Gasteiger charge is 1.97. The Balaban J connectivity index is 2.03. The van der Waals surface area contributed by atoms with Gasteiger partial charge in [0.25, 0.3) is 0 Å². The highest BCUT2D eigenvalue weighted by atomic mass is 32.1. The minimum Gasteiger partial charge on any atom is -0.353 e. The van der Waals surface area contributed by atoms with Crippen LogP contribution in [-0.4, -0.2) is 11.0 Å². The van der Waals surface area contributed by atoms with Gasteiger partial charge in [-0.15, -0.1) is 0 Å². The standard InChI is InChI=1S/C15H14N2S2/c18-10-16-14-5-1-12(2-6-14)9-13-3-7-15(8-4-13)17-11-19/h1-8,10-11H,9H2,(H,16,18)(H,17,19). The van der Waals surface area contributed by atoms with Gasteiger partial charge in [-0.2, -0.15) is 0 Å². The van der Waals surface area contributed by atoms with Gasteiger partial charge in [0.2, 0.25) is 0 Å². The van der Waals surface area contributed by atoms with E-state index in [2.05, 4.69) is 34.9 Å². The Kier molecular flexibility index (Phi) is 5.01. The highest BCUT2D eigenvalue weighted by molar-refractivity contribution is 7.79. The summed E-state index contributed by atoms with van der Waals surface area (Å²) in [6.07, 6.45) is 0.912. The monoisotopic (exact) mass is 286 g/mol. The van der Waals surface area contributed by atoms with Crippen LogP contribution < -0.4 is 10.6 Å². The molecule has 2 aromatic carbocycles. The molecule has 0 saturated carbocycles. The van der Waals surface area contributed by atoms with Crippen molar-refractivity contribution >= 4 is 46.8 Å². The fourth-order valence-corrected chi connectivity index (χ4v) is 2.08. The minimum atomic E-state index is 0.912. The van der Waals surface area contributed by atoms with Gasteiger partial charge in [-0.05, 0) is 41.8 Å². The van der Waals surface area contributed by atoms with E-state index in [0.29, 0.717) is 0 Å². The topological polar surface area (TPSA) is 24.1 Å². The van der Waals surface area contributed by atoms with Crippen molar-refractivity contribution in [1.29, 1.82) is 0 Å². The van der Waals surface area contributed by atoms with E-state index >= 15 is 0 Å². The molecule has 0 radical (unpaired) electrons. The number of nitrogens with one attached hydrogen (secondary N) is 2. The molecule has 2 N–H and O–H groups in total. The summed E-state index contributed by atoms with van der Waals surface area (Å²) < 4.78 is 0. The summed E-state index contributed by atoms with van der Waals surface area (Å²) in [4.78, 5) is 0. The van der Waals surface area contributed by atoms with Crippen LogP contribution in [0.3, 0.4) is 0 Å². The van der Waals surface area contributed by atoms with Crippen molar-refractivity contribution < 1.29 is 0 Å². The van der Waals surface area contributed by atoms with Crippen molar-refractivity contribution in [2.45, 2.75) is 6.42 Å². The fraction of sp³-hybridized carbons (Fsp3) is 0.0667. The summed E-state index contributed by atoms with van der Waals surface area (Å²) in [6.45, 7) is 0. The first-order valence-corrected chi connectivity index (χ1v) is 6.84. The molecule has 0 unspecified atom stereocenters. The Morgan fingerprint density at radius 2 is 1.05 bits per heavy atom. The normalized spacial score (nSPS) is 9.68. The van der Waals surface area contributed by atoms with E-state index in [0.717, 1.165) is 17.8 Å². The Hall–Kier alpha value is -1.78. The molecule has 2 nitrogen and oxygen atoms in total. The second kappa shape index (κ2) is 6.97. The molecule has 96 valence electrons. The Bertz CT molecular complexity index is 496. The van der Waals surface area contributed by atoms with Crippen molar-refractivity contribution in [1.82, 2.24) is 0 Å². The molecule has 19 heavy (non-hydrogen) atoms. The Morgan fingerprint density at radius 3 is 1.37 bits per heavy atom. The lowest BCUT2D eigenvalue weighted by Crippen LogP contribution is -1.94. The zero-order valence-electron chi connectivity index (χ0n) is 10.3. The summed E-state index contributed by atoms with van der Waals surface area (Å²) in [5.41, 5.74) is 7.59. The van der Waals surface area contributed by atoms with E-state index in [9.17, 15) is 0 Å². The van der Waals surface area contributed by atoms with Crippen molar-refractivity contribution in [2.75, 3.05) is 10.6 Å². The average Bonchev–Trinajstić information content (AvgIpc) is 2.44. The quantitative estimate of drug-likeness (QED) is 0.783. The molecule has 0 atom stereocenters. The van der Waals surface area contributed by atoms with E-state index < -0.39 is 0 Å². The first-order valence-electron chi connectivity index (χ1n) is 5.90. The lowest BCUT2D eigenvalue weighted by molar-refractivity contribution is 1.19. The van der Waals surface area contributed by atoms with Gasteiger partial charge in [-0.25, -0.2) is 0 Å². The third kappa shape index (κ3) is 4.12. The van der Waals surface area contributed by atoms with Gasteiger partial charge in [0.1, 0.15) is 0 Å². The van der Waals surface area contributed by atoms with Crippen molar-refractivity contribution in [3.63, 3.8) is 0 Å². The molecule has 0 heterocycles. The Labute approximate surface area is 123 Å². The predicted molar refractivity (Wildman–Crippen MR) is 90.2 cm³/mol. The Morgan fingerprint density at radius 1 is 0.684 bits per heavy atom. The van der Waals surface area contributed by atoms with E-state index in [4.69, 9.17) is 24.4 Å². The van der Waals surface area contributed by atoms with Crippen LogP contribution in [0.15, 0.2) is 48.5 Å². The van der Waals surface area contributed by atoms with Gasteiger partial charge in [-0.1, -0.05) is 48.7 Å². The second-order valence-electron chi connectivity index (χ2n) is 4.10. The molecule has 4 heteroatoms. The third-order valence-electron chi connectivity index (χ3n) is 2.77. The van der Waals surface area contributed by atoms with Gasteiger partial charge in [-0.3, -0.25) is 0 Å². The first kappa shape index (κ1) is 13.6. The molecular formula is C15H14N2S2. The molecule has 0 aliphatic rings. The maximum atomic E-state index is 4.75. The van der Waals surface area contributed by atoms with Gasteiger partial charge < -0.3 is 10.6 Å². The minimum absolute atomic E-state index is 0.912. The van der Waals surface area contributed by atoms with Crippen LogP contribution in [0.25, 0.3) is 0 Å². The van der Waals surface area contributed by atoms with Crippen LogP contribution in [0.2, 0.25) is 0 Å². The molecule has 2 aromatic rings. The average molecular weight is 286 g/mol. The molecule has 0 saturated heterocycles. The van der Waals surface area contributed by atoms with E-state index in [1.165, 1.54) is 22.1 Å². The largest absolute Gasteiger partial charge is 0.353 e. The van der Waals surface area contributed by atoms with Crippen molar-refractivity contribution in [3.05, 3.63) is 59.7 Å². The SMILES string of the molecule is S=CNc1ccc(Cc2ccc(NC=S)cc2)cc1. The summed E-state index contributed by atoms with van der Waals surface area (Å²) in [6, 6.07) is 16.5. The summed E-state index contributed by atoms with van der Waals surface area (Å²) in [7, 11) is 0. The van der Waals surface area contributed by atoms with Crippen LogP contribution >= 0.6 is 24.4 Å². The molecule has 2 rings (SSSR count). The van der Waals surface area contributed by atoms with Gasteiger partial charge in [0, 0.05) is 11.4 Å². The van der Waals surface area contributed by atoms with Crippen LogP contribution in [0.5, 0.6) is 0 Å². The second-order valence-corrected chi connectivity index (χ2v) is 4.57. The van der Waals surface area contributed by atoms with Crippen molar-refractivity contribution in [2.24, 2.45) is 0 Å². The van der Waals surface area contributed by atoms with Crippen LogP contribution in [0.4, 0.5) is 11.4 Å². The lowest BCUT2D eigenvalue weighted by atomic mass is 10.0. The van der Waals surface area contributed by atoms with Gasteiger partial charge in [0.05, 0.1) is 11.0 Å². The molecule has 0 bridgehead atoms. The molecule has 0 amide bonds. The highest BCUT2D eigenvalue weighted by Crippen LogP contribution is 2.15. The van der Waals surface area contributed by atoms with Crippen LogP contribution in [0, 0.1) is 0 Å². The zero-order chi connectivity index (χ0) is 13.5. The number of hydrogen-bond donors (Lipinski definition) is 2. The predicted octanol–water partition coefficient (Wildman–Crippen LogP) is 4.02. The van der Waals surface area contributed by atoms with E-state index in [-0.39, 0.29) is 0 Å². The van der Waals surface area contributed by atoms with Crippen LogP contribution in [-0.2, 0) is 6.42 Å². The molecule has 0 aliphatic heterocycles. The van der Waals surface area contributed by atoms with Gasteiger partial charge >= 0.3 is 0 Å². The summed E-state index contributed by atoms with van der Waals surface area (Å²) >= 11 is 9.51. The summed E-state index contributed by atoms with van der Waals surface area (Å²) in [5.74, 6) is 0. The van der Waals surface area contributed by atoms with E-state index in [1.54, 1.807) is 0 Å². The van der Waals surface area contributed by atoms with Crippen LogP contribution in [0.1, 0.15) is 11.1 Å². The van der Waals surface area contributed by atoms with E-state index in [1.807, 2.05) is 24.3 Å². The molecular weight excluding hydrogens is 272 g/mol. The zero-order valence-corrected chi connectivity index (χ0v) is 11.9. The van der Waals surface area contributed by atoms with Crippen molar-refractivity contribution in [3.8, 4) is 0 Å². The number of thiocarbonyl (C=S) groups is 2. The lowest BCUT2D eigenvalue weighted by Gasteiger charge is -2.05. The van der Waals surface area contributed by atoms with Gasteiger partial charge in [0.15, 0.2) is 0 Å². The molecule has 0 spiro atoms. The maximum Gasteiger partial charge on any atom is 0.0658 e. The number of rotatable bonds is 6. The first-order chi connectivity index (χ1) is 9.31. The third-order valence-corrected chi connectivity index (χ3v) is 3.00. The molecule has 0 aromatic heterocycles. The number of anilines is 2.